The molecule has 0 fully saturated rings. The van der Waals surface area contributed by atoms with E-state index in [0.717, 1.165) is 30.8 Å². The van der Waals surface area contributed by atoms with E-state index in [4.69, 9.17) is 16.6 Å². The van der Waals surface area contributed by atoms with Crippen LogP contribution in [0.2, 0.25) is 0 Å². The highest BCUT2D eigenvalue weighted by Gasteiger charge is 2.23. The fourth-order valence-corrected chi connectivity index (χ4v) is 2.98. The van der Waals surface area contributed by atoms with Crippen LogP contribution in [-0.4, -0.2) is 33.3 Å². The van der Waals surface area contributed by atoms with Gasteiger partial charge in [0.25, 0.3) is 16.3 Å². The number of nitrogens with zero attached hydrogens (tertiary/aromatic N) is 3. The van der Waals surface area contributed by atoms with E-state index in [9.17, 15) is 4.79 Å². The highest BCUT2D eigenvalue weighted by molar-refractivity contribution is 7.71. The molecule has 0 aromatic carbocycles. The van der Waals surface area contributed by atoms with Gasteiger partial charge >= 0.3 is 0 Å². The molecule has 21 heavy (non-hydrogen) atoms. The molecule has 0 spiro atoms. The van der Waals surface area contributed by atoms with Crippen molar-refractivity contribution in [1.82, 2.24) is 19.7 Å². The van der Waals surface area contributed by atoms with Crippen molar-refractivity contribution in [3.63, 3.8) is 0 Å². The molecule has 0 radical (unpaired) electrons. The van der Waals surface area contributed by atoms with Gasteiger partial charge < -0.3 is 13.9 Å². The van der Waals surface area contributed by atoms with Gasteiger partial charge in [-0.25, -0.2) is 5.10 Å². The average molecular weight is 306 g/mol. The SMILES string of the molecule is CC(C)n1c2c(cc(-c3n[nH]c(=S)o3)c1=O)CN(C)CC2. The maximum atomic E-state index is 12.8. The first-order valence-corrected chi connectivity index (χ1v) is 7.40. The lowest BCUT2D eigenvalue weighted by Crippen LogP contribution is -2.35. The maximum Gasteiger partial charge on any atom is 0.284 e. The van der Waals surface area contributed by atoms with E-state index in [1.165, 1.54) is 0 Å². The van der Waals surface area contributed by atoms with Gasteiger partial charge in [-0.15, -0.1) is 5.10 Å². The van der Waals surface area contributed by atoms with Gasteiger partial charge in [0.05, 0.1) is 0 Å². The monoisotopic (exact) mass is 306 g/mol. The van der Waals surface area contributed by atoms with Crippen LogP contribution in [0.3, 0.4) is 0 Å². The molecule has 1 N–H and O–H groups in total. The first kappa shape index (κ1) is 14.2. The van der Waals surface area contributed by atoms with Gasteiger partial charge in [-0.2, -0.15) is 0 Å². The second kappa shape index (κ2) is 5.23. The molecule has 0 saturated heterocycles. The summed E-state index contributed by atoms with van der Waals surface area (Å²) in [5.74, 6) is 0.260. The lowest BCUT2D eigenvalue weighted by Gasteiger charge is -2.29. The number of hydrogen-bond acceptors (Lipinski definition) is 5. The number of nitrogens with one attached hydrogen (secondary N) is 1. The highest BCUT2D eigenvalue weighted by atomic mass is 32.1. The smallest absolute Gasteiger partial charge is 0.284 e. The van der Waals surface area contributed by atoms with E-state index in [2.05, 4.69) is 22.1 Å². The van der Waals surface area contributed by atoms with E-state index >= 15 is 0 Å². The summed E-state index contributed by atoms with van der Waals surface area (Å²) in [6.45, 7) is 5.82. The maximum absolute atomic E-state index is 12.8. The lowest BCUT2D eigenvalue weighted by molar-refractivity contribution is 0.302. The zero-order valence-corrected chi connectivity index (χ0v) is 13.2. The van der Waals surface area contributed by atoms with Gasteiger partial charge in [0.2, 0.25) is 0 Å². The van der Waals surface area contributed by atoms with Gasteiger partial charge in [0.1, 0.15) is 5.56 Å². The number of aromatic nitrogens is 3. The summed E-state index contributed by atoms with van der Waals surface area (Å²) in [4.78, 5) is 15.2. The van der Waals surface area contributed by atoms with Crippen LogP contribution in [0.4, 0.5) is 0 Å². The molecular formula is C14H18N4O2S. The molecule has 7 heteroatoms. The quantitative estimate of drug-likeness (QED) is 0.861. The second-order valence-electron chi connectivity index (χ2n) is 5.70. The van der Waals surface area contributed by atoms with Crippen molar-refractivity contribution in [2.24, 2.45) is 0 Å². The van der Waals surface area contributed by atoms with Crippen LogP contribution >= 0.6 is 12.2 Å². The molecule has 0 saturated carbocycles. The van der Waals surface area contributed by atoms with E-state index in [0.29, 0.717) is 5.56 Å². The Morgan fingerprint density at radius 3 is 2.86 bits per heavy atom. The van der Waals surface area contributed by atoms with E-state index in [1.807, 2.05) is 24.5 Å². The topological polar surface area (TPSA) is 67.1 Å². The average Bonchev–Trinajstić information content (AvgIpc) is 2.84. The molecule has 112 valence electrons. The third-order valence-electron chi connectivity index (χ3n) is 3.78. The summed E-state index contributed by atoms with van der Waals surface area (Å²) in [5.41, 5.74) is 2.66. The van der Waals surface area contributed by atoms with Crippen LogP contribution in [0, 0.1) is 4.84 Å². The molecule has 2 aromatic rings. The fourth-order valence-electron chi connectivity index (χ4n) is 2.86. The van der Waals surface area contributed by atoms with Gasteiger partial charge in [-0.1, -0.05) is 0 Å². The van der Waals surface area contributed by atoms with Crippen molar-refractivity contribution >= 4 is 12.2 Å². The van der Waals surface area contributed by atoms with Crippen molar-refractivity contribution in [3.8, 4) is 11.5 Å². The second-order valence-corrected chi connectivity index (χ2v) is 6.08. The lowest BCUT2D eigenvalue weighted by atomic mass is 10.0. The molecule has 0 aliphatic carbocycles. The molecule has 6 nitrogen and oxygen atoms in total. The van der Waals surface area contributed by atoms with E-state index in [-0.39, 0.29) is 22.3 Å². The number of hydrogen-bond donors (Lipinski definition) is 1. The summed E-state index contributed by atoms with van der Waals surface area (Å²) in [5, 5.41) is 6.56. The minimum absolute atomic E-state index is 0.0708. The summed E-state index contributed by atoms with van der Waals surface area (Å²) in [6, 6.07) is 1.98. The Kier molecular flexibility index (Phi) is 3.54. The Bertz CT molecular complexity index is 787. The van der Waals surface area contributed by atoms with Gasteiger partial charge in [-0.3, -0.25) is 4.79 Å². The Morgan fingerprint density at radius 2 is 2.24 bits per heavy atom. The summed E-state index contributed by atoms with van der Waals surface area (Å²) in [7, 11) is 2.08. The summed E-state index contributed by atoms with van der Waals surface area (Å²) in [6.07, 6.45) is 0.879. The number of pyridine rings is 1. The van der Waals surface area contributed by atoms with Crippen LogP contribution in [0.1, 0.15) is 31.1 Å². The molecule has 0 amide bonds. The molecule has 0 bridgehead atoms. The fraction of sp³-hybridized carbons (Fsp3) is 0.500. The van der Waals surface area contributed by atoms with Crippen molar-refractivity contribution < 1.29 is 4.42 Å². The number of aromatic amines is 1. The van der Waals surface area contributed by atoms with Crippen LogP contribution in [0.25, 0.3) is 11.5 Å². The minimum atomic E-state index is -0.0708. The molecule has 1 aliphatic rings. The Morgan fingerprint density at radius 1 is 1.48 bits per heavy atom. The predicted octanol–water partition coefficient (Wildman–Crippen LogP) is 2.13. The zero-order chi connectivity index (χ0) is 15.1. The van der Waals surface area contributed by atoms with Crippen LogP contribution in [0.5, 0.6) is 0 Å². The molecule has 1 aliphatic heterocycles. The van der Waals surface area contributed by atoms with Gasteiger partial charge in [0, 0.05) is 31.2 Å². The minimum Gasteiger partial charge on any atom is -0.409 e. The predicted molar refractivity (Wildman–Crippen MR) is 81.8 cm³/mol. The number of likely N-dealkylation sites (N-methyl/N-ethyl adjacent to an activating group) is 1. The molecule has 2 aromatic heterocycles. The van der Waals surface area contributed by atoms with Crippen molar-refractivity contribution in [2.45, 2.75) is 32.9 Å². The summed E-state index contributed by atoms with van der Waals surface area (Å²) >= 11 is 4.90. The van der Waals surface area contributed by atoms with Crippen LogP contribution in [0.15, 0.2) is 15.3 Å². The largest absolute Gasteiger partial charge is 0.409 e. The van der Waals surface area contributed by atoms with Crippen molar-refractivity contribution in [2.75, 3.05) is 13.6 Å². The molecule has 3 heterocycles. The Balaban J connectivity index is 2.27. The first-order chi connectivity index (χ1) is 9.97. The number of rotatable bonds is 2. The Hall–Kier alpha value is -1.73. The first-order valence-electron chi connectivity index (χ1n) is 6.99. The summed E-state index contributed by atoms with van der Waals surface area (Å²) < 4.78 is 7.18. The van der Waals surface area contributed by atoms with Crippen molar-refractivity contribution in [1.29, 1.82) is 0 Å². The van der Waals surface area contributed by atoms with Gasteiger partial charge in [-0.05, 0) is 44.7 Å². The Labute approximate surface area is 127 Å². The van der Waals surface area contributed by atoms with E-state index in [1.54, 1.807) is 0 Å². The zero-order valence-electron chi connectivity index (χ0n) is 12.3. The standard InChI is InChI=1S/C14H18N4O2S/c1-8(2)18-11-4-5-17(3)7-9(11)6-10(13(18)19)12-15-16-14(21)20-12/h6,8H,4-5,7H2,1-3H3,(H,16,21). The molecule has 0 atom stereocenters. The molecule has 3 rings (SSSR count). The van der Waals surface area contributed by atoms with Crippen molar-refractivity contribution in [3.05, 3.63) is 32.5 Å². The van der Waals surface area contributed by atoms with E-state index < -0.39 is 0 Å². The molecular weight excluding hydrogens is 288 g/mol. The van der Waals surface area contributed by atoms with Crippen LogP contribution in [-0.2, 0) is 13.0 Å². The molecule has 0 unspecified atom stereocenters. The number of H-pyrrole nitrogens is 1. The highest BCUT2D eigenvalue weighted by Crippen LogP contribution is 2.24. The van der Waals surface area contributed by atoms with Crippen LogP contribution < -0.4 is 5.56 Å². The van der Waals surface area contributed by atoms with Gasteiger partial charge in [0.15, 0.2) is 0 Å². The third kappa shape index (κ3) is 2.47. The third-order valence-corrected chi connectivity index (χ3v) is 3.96. The normalized spacial score (nSPS) is 15.4. The number of fused-ring (bicyclic) bond motifs is 1.